The van der Waals surface area contributed by atoms with Gasteiger partial charge in [0.05, 0.1) is 12.3 Å². The molecule has 0 saturated heterocycles. The summed E-state index contributed by atoms with van der Waals surface area (Å²) < 4.78 is 5.85. The van der Waals surface area contributed by atoms with E-state index in [1.54, 1.807) is 6.20 Å². The molecule has 4 nitrogen and oxygen atoms in total. The topological polar surface area (TPSA) is 37.4 Å². The van der Waals surface area contributed by atoms with Crippen LogP contribution in [0.5, 0.6) is 5.75 Å². The third-order valence-electron chi connectivity index (χ3n) is 3.81. The van der Waals surface area contributed by atoms with E-state index in [1.807, 2.05) is 19.2 Å². The lowest BCUT2D eigenvalue weighted by Crippen LogP contribution is -2.22. The van der Waals surface area contributed by atoms with Gasteiger partial charge < -0.3 is 15.0 Å². The van der Waals surface area contributed by atoms with Crippen molar-refractivity contribution in [1.29, 1.82) is 0 Å². The number of nitrogens with one attached hydrogen (secondary N) is 1. The van der Waals surface area contributed by atoms with Gasteiger partial charge in [0.2, 0.25) is 0 Å². The monoisotopic (exact) mass is 313 g/mol. The SMILES string of the molecule is CCOc1cc(CNCc2cccnc2)ccc1N(CC)CC. The van der Waals surface area contributed by atoms with Gasteiger partial charge in [0.25, 0.3) is 0 Å². The highest BCUT2D eigenvalue weighted by atomic mass is 16.5. The number of hydrogen-bond acceptors (Lipinski definition) is 4. The van der Waals surface area contributed by atoms with E-state index in [9.17, 15) is 0 Å². The highest BCUT2D eigenvalue weighted by Gasteiger charge is 2.10. The van der Waals surface area contributed by atoms with Crippen LogP contribution in [0.4, 0.5) is 5.69 Å². The number of hydrogen-bond donors (Lipinski definition) is 1. The number of anilines is 1. The van der Waals surface area contributed by atoms with Crippen molar-refractivity contribution in [3.63, 3.8) is 0 Å². The van der Waals surface area contributed by atoms with Crippen molar-refractivity contribution in [2.75, 3.05) is 24.6 Å². The molecule has 1 aromatic heterocycles. The first-order valence-electron chi connectivity index (χ1n) is 8.38. The Morgan fingerprint density at radius 3 is 2.48 bits per heavy atom. The zero-order valence-electron chi connectivity index (χ0n) is 14.4. The van der Waals surface area contributed by atoms with Gasteiger partial charge in [0.15, 0.2) is 0 Å². The summed E-state index contributed by atoms with van der Waals surface area (Å²) in [6, 6.07) is 10.5. The number of benzene rings is 1. The molecule has 2 aromatic rings. The molecule has 0 aliphatic heterocycles. The average Bonchev–Trinajstić information content (AvgIpc) is 2.59. The van der Waals surface area contributed by atoms with E-state index in [-0.39, 0.29) is 0 Å². The summed E-state index contributed by atoms with van der Waals surface area (Å²) in [6.45, 7) is 10.6. The molecule has 4 heteroatoms. The van der Waals surface area contributed by atoms with E-state index in [4.69, 9.17) is 4.74 Å². The normalized spacial score (nSPS) is 10.6. The zero-order valence-corrected chi connectivity index (χ0v) is 14.4. The van der Waals surface area contributed by atoms with Crippen LogP contribution >= 0.6 is 0 Å². The minimum Gasteiger partial charge on any atom is -0.492 e. The van der Waals surface area contributed by atoms with Gasteiger partial charge in [-0.2, -0.15) is 0 Å². The first-order valence-corrected chi connectivity index (χ1v) is 8.38. The van der Waals surface area contributed by atoms with E-state index in [1.165, 1.54) is 16.8 Å². The maximum Gasteiger partial charge on any atom is 0.142 e. The lowest BCUT2D eigenvalue weighted by Gasteiger charge is -2.24. The number of ether oxygens (including phenoxy) is 1. The van der Waals surface area contributed by atoms with Crippen molar-refractivity contribution in [1.82, 2.24) is 10.3 Å². The van der Waals surface area contributed by atoms with E-state index in [0.29, 0.717) is 6.61 Å². The number of rotatable bonds is 9. The van der Waals surface area contributed by atoms with Gasteiger partial charge in [-0.1, -0.05) is 12.1 Å². The Morgan fingerprint density at radius 2 is 1.83 bits per heavy atom. The fourth-order valence-electron chi connectivity index (χ4n) is 2.62. The Morgan fingerprint density at radius 1 is 1.04 bits per heavy atom. The van der Waals surface area contributed by atoms with Gasteiger partial charge in [-0.05, 0) is 50.1 Å². The largest absolute Gasteiger partial charge is 0.492 e. The number of nitrogens with zero attached hydrogens (tertiary/aromatic N) is 2. The Balaban J connectivity index is 2.03. The molecule has 0 radical (unpaired) electrons. The Hall–Kier alpha value is -2.07. The predicted molar refractivity (Wildman–Crippen MR) is 96.0 cm³/mol. The van der Waals surface area contributed by atoms with E-state index in [2.05, 4.69) is 53.3 Å². The molecule has 0 fully saturated rings. The van der Waals surface area contributed by atoms with Crippen LogP contribution < -0.4 is 15.0 Å². The highest BCUT2D eigenvalue weighted by molar-refractivity contribution is 5.59. The molecule has 124 valence electrons. The van der Waals surface area contributed by atoms with Crippen LogP contribution in [0.3, 0.4) is 0 Å². The maximum atomic E-state index is 5.85. The van der Waals surface area contributed by atoms with Crippen LogP contribution in [-0.2, 0) is 13.1 Å². The van der Waals surface area contributed by atoms with Crippen molar-refractivity contribution in [3.8, 4) is 5.75 Å². The molecule has 0 aliphatic rings. The molecular formula is C19H27N3O. The lowest BCUT2D eigenvalue weighted by atomic mass is 10.1. The van der Waals surface area contributed by atoms with E-state index in [0.717, 1.165) is 31.9 Å². The fraction of sp³-hybridized carbons (Fsp3) is 0.421. The zero-order chi connectivity index (χ0) is 16.5. The van der Waals surface area contributed by atoms with Gasteiger partial charge >= 0.3 is 0 Å². The first-order chi connectivity index (χ1) is 11.3. The second kappa shape index (κ2) is 9.16. The summed E-state index contributed by atoms with van der Waals surface area (Å²) >= 11 is 0. The van der Waals surface area contributed by atoms with Crippen LogP contribution in [-0.4, -0.2) is 24.7 Å². The van der Waals surface area contributed by atoms with Crippen molar-refractivity contribution in [3.05, 3.63) is 53.9 Å². The van der Waals surface area contributed by atoms with Crippen molar-refractivity contribution in [2.45, 2.75) is 33.9 Å². The van der Waals surface area contributed by atoms with Gasteiger partial charge in [-0.3, -0.25) is 4.98 Å². The molecule has 0 unspecified atom stereocenters. The molecule has 0 bridgehead atoms. The molecule has 2 rings (SSSR count). The Labute approximate surface area is 139 Å². The minimum absolute atomic E-state index is 0.681. The van der Waals surface area contributed by atoms with E-state index < -0.39 is 0 Å². The molecule has 0 atom stereocenters. The maximum absolute atomic E-state index is 5.85. The summed E-state index contributed by atoms with van der Waals surface area (Å²) in [6.07, 6.45) is 3.69. The molecule has 23 heavy (non-hydrogen) atoms. The smallest absolute Gasteiger partial charge is 0.142 e. The lowest BCUT2D eigenvalue weighted by molar-refractivity contribution is 0.340. The summed E-state index contributed by atoms with van der Waals surface area (Å²) in [4.78, 5) is 6.45. The fourth-order valence-corrected chi connectivity index (χ4v) is 2.62. The van der Waals surface area contributed by atoms with Gasteiger partial charge in [0.1, 0.15) is 5.75 Å². The molecule has 0 amide bonds. The molecule has 1 aromatic carbocycles. The van der Waals surface area contributed by atoms with Crippen LogP contribution in [0, 0.1) is 0 Å². The molecule has 1 N–H and O–H groups in total. The van der Waals surface area contributed by atoms with Crippen LogP contribution in [0.1, 0.15) is 31.9 Å². The van der Waals surface area contributed by atoms with Crippen molar-refractivity contribution < 1.29 is 4.74 Å². The summed E-state index contributed by atoms with van der Waals surface area (Å²) in [7, 11) is 0. The molecule has 0 aliphatic carbocycles. The highest BCUT2D eigenvalue weighted by Crippen LogP contribution is 2.29. The van der Waals surface area contributed by atoms with Crippen LogP contribution in [0.2, 0.25) is 0 Å². The second-order valence-electron chi connectivity index (χ2n) is 5.37. The Kier molecular flexibility index (Phi) is 6.88. The van der Waals surface area contributed by atoms with Gasteiger partial charge in [0, 0.05) is 38.6 Å². The van der Waals surface area contributed by atoms with E-state index >= 15 is 0 Å². The quantitative estimate of drug-likeness (QED) is 0.767. The summed E-state index contributed by atoms with van der Waals surface area (Å²) in [5, 5.41) is 3.45. The van der Waals surface area contributed by atoms with Gasteiger partial charge in [-0.15, -0.1) is 0 Å². The van der Waals surface area contributed by atoms with Crippen molar-refractivity contribution in [2.24, 2.45) is 0 Å². The summed E-state index contributed by atoms with van der Waals surface area (Å²) in [5.74, 6) is 0.969. The minimum atomic E-state index is 0.681. The first kappa shape index (κ1) is 17.3. The molecule has 1 heterocycles. The predicted octanol–water partition coefficient (Wildman–Crippen LogP) is 3.62. The molecule has 0 saturated carbocycles. The third-order valence-corrected chi connectivity index (χ3v) is 3.81. The second-order valence-corrected chi connectivity index (χ2v) is 5.37. The standard InChI is InChI=1S/C19H27N3O/c1-4-22(5-2)18-10-9-16(12-19(18)23-6-3)13-21-15-17-8-7-11-20-14-17/h7-12,14,21H,4-6,13,15H2,1-3H3. The third kappa shape index (κ3) is 4.96. The van der Waals surface area contributed by atoms with Crippen LogP contribution in [0.25, 0.3) is 0 Å². The Bertz CT molecular complexity index is 582. The average molecular weight is 313 g/mol. The van der Waals surface area contributed by atoms with Crippen LogP contribution in [0.15, 0.2) is 42.7 Å². The number of pyridine rings is 1. The van der Waals surface area contributed by atoms with Gasteiger partial charge in [-0.25, -0.2) is 0 Å². The van der Waals surface area contributed by atoms with Crippen molar-refractivity contribution >= 4 is 5.69 Å². The molecular weight excluding hydrogens is 286 g/mol. The molecule has 0 spiro atoms. The number of aromatic nitrogens is 1. The summed E-state index contributed by atoms with van der Waals surface area (Å²) in [5.41, 5.74) is 3.60.